The minimum atomic E-state index is 0.557. The number of fused-ring (bicyclic) bond motifs is 3. The molecule has 4 rings (SSSR count). The average molecular weight is 413 g/mol. The van der Waals surface area contributed by atoms with Crippen LogP contribution in [0.4, 0.5) is 5.82 Å². The van der Waals surface area contributed by atoms with Gasteiger partial charge in [-0.1, -0.05) is 41.9 Å². The molecule has 0 aliphatic carbocycles. The van der Waals surface area contributed by atoms with Gasteiger partial charge in [0.05, 0.1) is 5.69 Å². The molecule has 0 fully saturated rings. The van der Waals surface area contributed by atoms with E-state index in [2.05, 4.69) is 77.3 Å². The molecule has 0 atom stereocenters. The number of anilines is 1. The molecule has 0 saturated carbocycles. The molecule has 3 aromatic rings. The molecule has 1 aliphatic heterocycles. The number of nitrogens with zero attached hydrogens (tertiary/aromatic N) is 4. The van der Waals surface area contributed by atoms with Crippen molar-refractivity contribution in [2.24, 2.45) is 0 Å². The maximum Gasteiger partial charge on any atom is 0.165 e. The van der Waals surface area contributed by atoms with Gasteiger partial charge in [-0.15, -0.1) is 0 Å². The molecule has 0 bridgehead atoms. The van der Waals surface area contributed by atoms with Gasteiger partial charge < -0.3 is 4.90 Å². The lowest BCUT2D eigenvalue weighted by Crippen LogP contribution is -2.34. The lowest BCUT2D eigenvalue weighted by atomic mass is 10.1. The standard InChI is InChI=1S/C21H25BrN4/c1-5-17(6-2)25-12-11-18-13(3)23-20-19(14(4)24-26(20)21(18)25)15-7-9-16(22)10-8-15/h7-10,17H,5-6,11-12H2,1-4H3. The highest BCUT2D eigenvalue weighted by Gasteiger charge is 2.30. The van der Waals surface area contributed by atoms with Crippen molar-refractivity contribution in [2.75, 3.05) is 11.4 Å². The van der Waals surface area contributed by atoms with E-state index in [-0.39, 0.29) is 0 Å². The summed E-state index contributed by atoms with van der Waals surface area (Å²) in [6.07, 6.45) is 3.37. The molecule has 26 heavy (non-hydrogen) atoms. The second kappa shape index (κ2) is 6.69. The summed E-state index contributed by atoms with van der Waals surface area (Å²) < 4.78 is 3.18. The molecule has 0 N–H and O–H groups in total. The highest BCUT2D eigenvalue weighted by atomic mass is 79.9. The van der Waals surface area contributed by atoms with Gasteiger partial charge in [-0.25, -0.2) is 4.98 Å². The first kappa shape index (κ1) is 17.5. The molecule has 1 aromatic carbocycles. The van der Waals surface area contributed by atoms with Crippen molar-refractivity contribution in [3.8, 4) is 11.1 Å². The number of rotatable bonds is 4. The second-order valence-corrected chi connectivity index (χ2v) is 8.03. The number of aromatic nitrogens is 3. The summed E-state index contributed by atoms with van der Waals surface area (Å²) in [6, 6.07) is 8.99. The summed E-state index contributed by atoms with van der Waals surface area (Å²) in [4.78, 5) is 7.52. The highest BCUT2D eigenvalue weighted by Crippen LogP contribution is 2.37. The monoisotopic (exact) mass is 412 g/mol. The van der Waals surface area contributed by atoms with Gasteiger partial charge in [0.1, 0.15) is 5.82 Å². The molecular weight excluding hydrogens is 388 g/mol. The predicted octanol–water partition coefficient (Wildman–Crippen LogP) is 5.33. The molecule has 3 heterocycles. The van der Waals surface area contributed by atoms with E-state index in [0.29, 0.717) is 6.04 Å². The molecule has 0 amide bonds. The zero-order valence-corrected chi connectivity index (χ0v) is 17.5. The molecule has 0 radical (unpaired) electrons. The maximum atomic E-state index is 4.97. The quantitative estimate of drug-likeness (QED) is 0.580. The van der Waals surface area contributed by atoms with Crippen LogP contribution in [0.1, 0.15) is 43.6 Å². The number of hydrogen-bond acceptors (Lipinski definition) is 3. The molecule has 1 aliphatic rings. The maximum absolute atomic E-state index is 4.97. The minimum Gasteiger partial charge on any atom is -0.353 e. The van der Waals surface area contributed by atoms with Crippen LogP contribution in [-0.4, -0.2) is 27.2 Å². The van der Waals surface area contributed by atoms with Gasteiger partial charge in [-0.3, -0.25) is 0 Å². The van der Waals surface area contributed by atoms with Crippen LogP contribution in [0.3, 0.4) is 0 Å². The first-order valence-corrected chi connectivity index (χ1v) is 10.3. The van der Waals surface area contributed by atoms with Gasteiger partial charge in [0.2, 0.25) is 0 Å². The van der Waals surface area contributed by atoms with Crippen LogP contribution in [0.15, 0.2) is 28.7 Å². The van der Waals surface area contributed by atoms with E-state index in [9.17, 15) is 0 Å². The third-order valence-corrected chi connectivity index (χ3v) is 6.14. The Balaban J connectivity index is 1.97. The Hall–Kier alpha value is -1.88. The zero-order chi connectivity index (χ0) is 18.4. The Labute approximate surface area is 163 Å². The molecule has 136 valence electrons. The Bertz CT molecular complexity index is 955. The van der Waals surface area contributed by atoms with Crippen molar-refractivity contribution in [1.29, 1.82) is 0 Å². The van der Waals surface area contributed by atoms with Crippen molar-refractivity contribution in [1.82, 2.24) is 14.6 Å². The van der Waals surface area contributed by atoms with E-state index in [1.807, 2.05) is 0 Å². The smallest absolute Gasteiger partial charge is 0.165 e. The predicted molar refractivity (Wildman–Crippen MR) is 111 cm³/mol. The largest absolute Gasteiger partial charge is 0.353 e. The van der Waals surface area contributed by atoms with Crippen LogP contribution in [0, 0.1) is 13.8 Å². The van der Waals surface area contributed by atoms with Gasteiger partial charge in [-0.2, -0.15) is 9.61 Å². The van der Waals surface area contributed by atoms with E-state index < -0.39 is 0 Å². The molecule has 0 spiro atoms. The summed E-state index contributed by atoms with van der Waals surface area (Å²) in [5, 5.41) is 4.93. The van der Waals surface area contributed by atoms with Crippen molar-refractivity contribution in [2.45, 2.75) is 53.0 Å². The first-order valence-electron chi connectivity index (χ1n) is 9.46. The molecule has 0 unspecified atom stereocenters. The van der Waals surface area contributed by atoms with Crippen molar-refractivity contribution in [3.63, 3.8) is 0 Å². The normalized spacial score (nSPS) is 13.8. The van der Waals surface area contributed by atoms with E-state index in [0.717, 1.165) is 52.9 Å². The van der Waals surface area contributed by atoms with Crippen LogP contribution < -0.4 is 4.90 Å². The summed E-state index contributed by atoms with van der Waals surface area (Å²) in [5.41, 5.74) is 6.80. The van der Waals surface area contributed by atoms with Crippen LogP contribution in [-0.2, 0) is 6.42 Å². The molecular formula is C21H25BrN4. The lowest BCUT2D eigenvalue weighted by Gasteiger charge is -2.28. The van der Waals surface area contributed by atoms with Gasteiger partial charge >= 0.3 is 0 Å². The minimum absolute atomic E-state index is 0.557. The number of halogens is 1. The molecule has 4 nitrogen and oxygen atoms in total. The Morgan fingerprint density at radius 3 is 2.42 bits per heavy atom. The molecule has 0 saturated heterocycles. The van der Waals surface area contributed by atoms with Crippen molar-refractivity contribution >= 4 is 27.4 Å². The molecule has 2 aromatic heterocycles. The Morgan fingerprint density at radius 1 is 1.08 bits per heavy atom. The third-order valence-electron chi connectivity index (χ3n) is 5.61. The molecule has 5 heteroatoms. The third kappa shape index (κ3) is 2.64. The lowest BCUT2D eigenvalue weighted by molar-refractivity contribution is 0.563. The number of aryl methyl sites for hydroxylation is 2. The summed E-state index contributed by atoms with van der Waals surface area (Å²) in [6.45, 7) is 9.85. The summed E-state index contributed by atoms with van der Waals surface area (Å²) in [7, 11) is 0. The van der Waals surface area contributed by atoms with Crippen molar-refractivity contribution < 1.29 is 0 Å². The van der Waals surface area contributed by atoms with Gasteiger partial charge in [0.15, 0.2) is 5.65 Å². The van der Waals surface area contributed by atoms with Crippen LogP contribution in [0.2, 0.25) is 0 Å². The van der Waals surface area contributed by atoms with E-state index >= 15 is 0 Å². The van der Waals surface area contributed by atoms with E-state index in [4.69, 9.17) is 10.1 Å². The fourth-order valence-electron chi connectivity index (χ4n) is 4.25. The van der Waals surface area contributed by atoms with Crippen LogP contribution in [0.5, 0.6) is 0 Å². The van der Waals surface area contributed by atoms with E-state index in [1.165, 1.54) is 16.9 Å². The van der Waals surface area contributed by atoms with E-state index in [1.54, 1.807) is 0 Å². The number of hydrogen-bond donors (Lipinski definition) is 0. The van der Waals surface area contributed by atoms with Crippen molar-refractivity contribution in [3.05, 3.63) is 45.7 Å². The van der Waals surface area contributed by atoms with Crippen LogP contribution in [0.25, 0.3) is 16.8 Å². The average Bonchev–Trinajstić information content (AvgIpc) is 3.19. The summed E-state index contributed by atoms with van der Waals surface area (Å²) in [5.74, 6) is 1.26. The SMILES string of the molecule is CCC(CC)N1CCc2c(C)nc3c(-c4ccc(Br)cc4)c(C)nn3c21. The summed E-state index contributed by atoms with van der Waals surface area (Å²) >= 11 is 3.53. The van der Waals surface area contributed by atoms with Gasteiger partial charge in [-0.05, 0) is 50.8 Å². The number of benzene rings is 1. The van der Waals surface area contributed by atoms with Gasteiger partial charge in [0, 0.05) is 33.9 Å². The zero-order valence-electron chi connectivity index (χ0n) is 15.9. The second-order valence-electron chi connectivity index (χ2n) is 7.12. The van der Waals surface area contributed by atoms with Gasteiger partial charge in [0.25, 0.3) is 0 Å². The highest BCUT2D eigenvalue weighted by molar-refractivity contribution is 9.10. The fraction of sp³-hybridized carbons (Fsp3) is 0.429. The van der Waals surface area contributed by atoms with Crippen LogP contribution >= 0.6 is 15.9 Å². The first-order chi connectivity index (χ1) is 12.5. The fourth-order valence-corrected chi connectivity index (χ4v) is 4.51. The Kier molecular flexibility index (Phi) is 4.51. The Morgan fingerprint density at radius 2 is 1.77 bits per heavy atom. The topological polar surface area (TPSA) is 33.4 Å².